The second kappa shape index (κ2) is 10.2. The Morgan fingerprint density at radius 3 is 2.47 bits per heavy atom. The quantitative estimate of drug-likeness (QED) is 0.286. The van der Waals surface area contributed by atoms with Crippen molar-refractivity contribution in [2.45, 2.75) is 26.8 Å². The van der Waals surface area contributed by atoms with Crippen LogP contribution in [0.25, 0.3) is 10.4 Å². The Balaban J connectivity index is 1.74. The number of benzene rings is 1. The van der Waals surface area contributed by atoms with Crippen molar-refractivity contribution in [3.8, 4) is 16.2 Å². The van der Waals surface area contributed by atoms with Gasteiger partial charge in [-0.15, -0.1) is 22.7 Å². The molecule has 1 N–H and O–H groups in total. The maximum atomic E-state index is 12.6. The van der Waals surface area contributed by atoms with Gasteiger partial charge in [0.05, 0.1) is 24.7 Å². The summed E-state index contributed by atoms with van der Waals surface area (Å²) in [6.45, 7) is 5.54. The SMILES string of the molecule is CC(=NCC(=O)c1ccc(C(=O)N(C)C(C)C)s1)c1csc(-c2ccc(Cl)c(Cl)c2)c1O. The van der Waals surface area contributed by atoms with Gasteiger partial charge in [0.1, 0.15) is 12.3 Å². The number of amides is 1. The van der Waals surface area contributed by atoms with Crippen molar-refractivity contribution >= 4 is 63.3 Å². The van der Waals surface area contributed by atoms with Crippen LogP contribution in [0.4, 0.5) is 0 Å². The largest absolute Gasteiger partial charge is 0.506 e. The molecule has 0 bridgehead atoms. The summed E-state index contributed by atoms with van der Waals surface area (Å²) in [4.78, 5) is 32.7. The molecule has 5 nitrogen and oxygen atoms in total. The normalized spacial score (nSPS) is 11.8. The average Bonchev–Trinajstić information content (AvgIpc) is 3.40. The molecule has 0 aliphatic rings. The summed E-state index contributed by atoms with van der Waals surface area (Å²) in [5.74, 6) is -0.204. The molecule has 0 fully saturated rings. The first-order valence-electron chi connectivity index (χ1n) is 9.77. The van der Waals surface area contributed by atoms with Crippen LogP contribution in [0.15, 0.2) is 40.7 Å². The highest BCUT2D eigenvalue weighted by atomic mass is 35.5. The monoisotopic (exact) mass is 508 g/mol. The zero-order chi connectivity index (χ0) is 23.6. The van der Waals surface area contributed by atoms with E-state index in [0.717, 1.165) is 5.56 Å². The fourth-order valence-electron chi connectivity index (χ4n) is 2.82. The first-order valence-corrected chi connectivity index (χ1v) is 12.2. The summed E-state index contributed by atoms with van der Waals surface area (Å²) in [7, 11) is 1.74. The lowest BCUT2D eigenvalue weighted by Gasteiger charge is -2.20. The molecule has 3 rings (SSSR count). The first-order chi connectivity index (χ1) is 15.1. The van der Waals surface area contributed by atoms with Crippen LogP contribution < -0.4 is 0 Å². The molecule has 0 aliphatic heterocycles. The van der Waals surface area contributed by atoms with Gasteiger partial charge in [-0.3, -0.25) is 14.6 Å². The lowest BCUT2D eigenvalue weighted by Crippen LogP contribution is -2.32. The van der Waals surface area contributed by atoms with E-state index in [1.807, 2.05) is 13.8 Å². The zero-order valence-electron chi connectivity index (χ0n) is 18.0. The lowest BCUT2D eigenvalue weighted by molar-refractivity contribution is 0.0759. The van der Waals surface area contributed by atoms with Gasteiger partial charge in [-0.2, -0.15) is 0 Å². The van der Waals surface area contributed by atoms with Gasteiger partial charge in [0.15, 0.2) is 5.78 Å². The predicted molar refractivity (Wildman–Crippen MR) is 134 cm³/mol. The predicted octanol–water partition coefficient (Wildman–Crippen LogP) is 6.66. The Morgan fingerprint density at radius 2 is 1.81 bits per heavy atom. The summed E-state index contributed by atoms with van der Waals surface area (Å²) in [5.41, 5.74) is 1.86. The van der Waals surface area contributed by atoms with Gasteiger partial charge < -0.3 is 10.0 Å². The molecule has 3 aromatic rings. The zero-order valence-corrected chi connectivity index (χ0v) is 21.1. The summed E-state index contributed by atoms with van der Waals surface area (Å²) in [6, 6.07) is 8.56. The topological polar surface area (TPSA) is 70.0 Å². The second-order valence-electron chi connectivity index (χ2n) is 7.45. The molecule has 168 valence electrons. The summed E-state index contributed by atoms with van der Waals surface area (Å²) < 4.78 is 0. The van der Waals surface area contributed by atoms with Gasteiger partial charge in [-0.05, 0) is 50.6 Å². The number of carbonyl (C=O) groups excluding carboxylic acids is 2. The third-order valence-electron chi connectivity index (χ3n) is 4.98. The van der Waals surface area contributed by atoms with Crippen LogP contribution >= 0.6 is 45.9 Å². The lowest BCUT2D eigenvalue weighted by atomic mass is 10.1. The summed E-state index contributed by atoms with van der Waals surface area (Å²) in [5, 5.41) is 13.3. The van der Waals surface area contributed by atoms with Crippen LogP contribution in [0.2, 0.25) is 10.0 Å². The van der Waals surface area contributed by atoms with Crippen LogP contribution in [0.1, 0.15) is 45.7 Å². The molecule has 0 aliphatic carbocycles. The van der Waals surface area contributed by atoms with E-state index in [9.17, 15) is 14.7 Å². The Hall–Kier alpha value is -2.19. The Labute approximate surface area is 204 Å². The van der Waals surface area contributed by atoms with E-state index in [4.69, 9.17) is 23.2 Å². The van der Waals surface area contributed by atoms with E-state index in [-0.39, 0.29) is 30.0 Å². The van der Waals surface area contributed by atoms with E-state index < -0.39 is 0 Å². The van der Waals surface area contributed by atoms with Crippen molar-refractivity contribution in [3.05, 3.63) is 61.1 Å². The van der Waals surface area contributed by atoms with E-state index >= 15 is 0 Å². The van der Waals surface area contributed by atoms with Crippen molar-refractivity contribution in [3.63, 3.8) is 0 Å². The number of hydrogen-bond donors (Lipinski definition) is 1. The molecule has 32 heavy (non-hydrogen) atoms. The third-order valence-corrected chi connectivity index (χ3v) is 7.85. The Kier molecular flexibility index (Phi) is 7.77. The highest BCUT2D eigenvalue weighted by Crippen LogP contribution is 2.40. The molecule has 2 aromatic heterocycles. The highest BCUT2D eigenvalue weighted by molar-refractivity contribution is 7.16. The minimum absolute atomic E-state index is 0.0720. The van der Waals surface area contributed by atoms with Gasteiger partial charge >= 0.3 is 0 Å². The molecule has 0 saturated carbocycles. The maximum absolute atomic E-state index is 12.6. The minimum Gasteiger partial charge on any atom is -0.506 e. The summed E-state index contributed by atoms with van der Waals surface area (Å²) >= 11 is 14.6. The molecule has 2 heterocycles. The van der Waals surface area contributed by atoms with E-state index in [2.05, 4.69) is 4.99 Å². The fourth-order valence-corrected chi connectivity index (χ4v) is 5.03. The van der Waals surface area contributed by atoms with Crippen LogP contribution in [-0.4, -0.2) is 47.0 Å². The molecule has 0 atom stereocenters. The fraction of sp³-hybridized carbons (Fsp3) is 0.261. The molecule has 0 saturated heterocycles. The molecule has 1 aromatic carbocycles. The van der Waals surface area contributed by atoms with Crippen LogP contribution in [0.3, 0.4) is 0 Å². The average molecular weight is 509 g/mol. The van der Waals surface area contributed by atoms with Crippen molar-refractivity contribution < 1.29 is 14.7 Å². The number of halogens is 2. The third kappa shape index (κ3) is 5.23. The van der Waals surface area contributed by atoms with Gasteiger partial charge in [0.25, 0.3) is 5.91 Å². The Bertz CT molecular complexity index is 1200. The smallest absolute Gasteiger partial charge is 0.263 e. The molecule has 0 unspecified atom stereocenters. The number of rotatable bonds is 7. The standard InChI is InChI=1S/C23H22Cl2N2O3S2/c1-12(2)27(4)23(30)20-8-7-19(32-20)18(28)10-26-13(3)15-11-31-22(21(15)29)14-5-6-16(24)17(25)9-14/h5-9,11-12,29H,10H2,1-4H3. The van der Waals surface area contributed by atoms with Crippen molar-refractivity contribution in [1.82, 2.24) is 4.90 Å². The van der Waals surface area contributed by atoms with E-state index in [0.29, 0.717) is 36.0 Å². The number of carbonyl (C=O) groups is 2. The number of aliphatic imine (C=N–C) groups is 1. The molecular formula is C23H22Cl2N2O3S2. The van der Waals surface area contributed by atoms with E-state index in [1.165, 1.54) is 22.7 Å². The van der Waals surface area contributed by atoms with Crippen LogP contribution in [-0.2, 0) is 0 Å². The first kappa shape index (κ1) is 24.5. The van der Waals surface area contributed by atoms with Crippen LogP contribution in [0, 0.1) is 0 Å². The number of hydrogen-bond acceptors (Lipinski definition) is 6. The van der Waals surface area contributed by atoms with Crippen LogP contribution in [0.5, 0.6) is 5.75 Å². The highest BCUT2D eigenvalue weighted by Gasteiger charge is 2.19. The summed E-state index contributed by atoms with van der Waals surface area (Å²) in [6.07, 6.45) is 0. The molecule has 1 amide bonds. The van der Waals surface area contributed by atoms with Crippen molar-refractivity contribution in [2.24, 2.45) is 4.99 Å². The number of ketones is 1. The van der Waals surface area contributed by atoms with Gasteiger partial charge in [0.2, 0.25) is 0 Å². The Morgan fingerprint density at radius 1 is 1.12 bits per heavy atom. The van der Waals surface area contributed by atoms with Gasteiger partial charge in [-0.1, -0.05) is 29.3 Å². The maximum Gasteiger partial charge on any atom is 0.263 e. The molecule has 9 heteroatoms. The second-order valence-corrected chi connectivity index (χ2v) is 10.2. The number of thiophene rings is 2. The van der Waals surface area contributed by atoms with Crippen molar-refractivity contribution in [2.75, 3.05) is 13.6 Å². The number of nitrogens with zero attached hydrogens (tertiary/aromatic N) is 2. The minimum atomic E-state index is -0.181. The van der Waals surface area contributed by atoms with Crippen molar-refractivity contribution in [1.29, 1.82) is 0 Å². The number of Topliss-reactive ketones (excluding diaryl/α,β-unsaturated/α-hetero) is 1. The van der Waals surface area contributed by atoms with Gasteiger partial charge in [0, 0.05) is 29.7 Å². The number of aromatic hydroxyl groups is 1. The molecule has 0 radical (unpaired) electrons. The molecular weight excluding hydrogens is 487 g/mol. The molecule has 0 spiro atoms. The van der Waals surface area contributed by atoms with E-state index in [1.54, 1.807) is 54.6 Å². The van der Waals surface area contributed by atoms with Gasteiger partial charge in [-0.25, -0.2) is 0 Å².